The molecule has 0 bridgehead atoms. The Labute approximate surface area is 114 Å². The molecular formula is C15H11ClF2O. The maximum Gasteiger partial charge on any atom is 0.221 e. The Morgan fingerprint density at radius 3 is 2.32 bits per heavy atom. The van der Waals surface area contributed by atoms with Crippen molar-refractivity contribution < 1.29 is 13.6 Å². The minimum absolute atomic E-state index is 0.191. The molecule has 0 amide bonds. The summed E-state index contributed by atoms with van der Waals surface area (Å²) in [4.78, 5) is 10.8. The van der Waals surface area contributed by atoms with Crippen LogP contribution in [0.3, 0.4) is 0 Å². The Balaban J connectivity index is 2.40. The maximum atomic E-state index is 13.2. The van der Waals surface area contributed by atoms with E-state index in [9.17, 15) is 13.6 Å². The van der Waals surface area contributed by atoms with Gasteiger partial charge in [0.2, 0.25) is 5.24 Å². The number of halogens is 3. The van der Waals surface area contributed by atoms with Crippen molar-refractivity contribution in [1.29, 1.82) is 0 Å². The van der Waals surface area contributed by atoms with Crippen LogP contribution in [0.25, 0.3) is 11.1 Å². The summed E-state index contributed by atoms with van der Waals surface area (Å²) in [5.74, 6) is -1.25. The van der Waals surface area contributed by atoms with Gasteiger partial charge >= 0.3 is 0 Å². The first kappa shape index (κ1) is 13.7. The summed E-state index contributed by atoms with van der Waals surface area (Å²) in [6.07, 6.45) is 0.632. The summed E-state index contributed by atoms with van der Waals surface area (Å²) in [5, 5.41) is -0.430. The predicted molar refractivity (Wildman–Crippen MR) is 71.0 cm³/mol. The Kier molecular flexibility index (Phi) is 4.27. The molecule has 4 heteroatoms. The van der Waals surface area contributed by atoms with Gasteiger partial charge in [-0.05, 0) is 46.8 Å². The second-order valence-corrected chi connectivity index (χ2v) is 4.59. The molecule has 0 unspecified atom stereocenters. The van der Waals surface area contributed by atoms with Gasteiger partial charge in [0.05, 0.1) is 0 Å². The molecular weight excluding hydrogens is 270 g/mol. The summed E-state index contributed by atoms with van der Waals surface area (Å²) < 4.78 is 26.5. The lowest BCUT2D eigenvalue weighted by Crippen LogP contribution is -1.95. The minimum Gasteiger partial charge on any atom is -0.281 e. The molecule has 98 valence electrons. The first-order valence-electron chi connectivity index (χ1n) is 5.79. The minimum atomic E-state index is -0.627. The molecule has 0 saturated carbocycles. The van der Waals surface area contributed by atoms with Crippen LogP contribution in [-0.2, 0) is 11.2 Å². The smallest absolute Gasteiger partial charge is 0.221 e. The third-order valence-electron chi connectivity index (χ3n) is 2.78. The van der Waals surface area contributed by atoms with Gasteiger partial charge in [-0.2, -0.15) is 0 Å². The first-order chi connectivity index (χ1) is 9.06. The molecule has 0 aliphatic rings. The van der Waals surface area contributed by atoms with Crippen LogP contribution in [0.4, 0.5) is 8.78 Å². The lowest BCUT2D eigenvalue weighted by atomic mass is 9.97. The molecule has 1 nitrogen and oxygen atoms in total. The highest BCUT2D eigenvalue weighted by Gasteiger charge is 2.08. The van der Waals surface area contributed by atoms with Gasteiger partial charge in [-0.3, -0.25) is 4.79 Å². The molecule has 0 radical (unpaired) electrons. The number of aryl methyl sites for hydroxylation is 1. The molecule has 2 aromatic carbocycles. The summed E-state index contributed by atoms with van der Waals surface area (Å²) in [6, 6.07) is 10.5. The van der Waals surface area contributed by atoms with E-state index in [0.717, 1.165) is 11.6 Å². The summed E-state index contributed by atoms with van der Waals surface area (Å²) in [6.45, 7) is 0. The zero-order chi connectivity index (χ0) is 13.8. The lowest BCUT2D eigenvalue weighted by molar-refractivity contribution is -0.111. The van der Waals surface area contributed by atoms with Crippen LogP contribution < -0.4 is 0 Å². The molecule has 19 heavy (non-hydrogen) atoms. The van der Waals surface area contributed by atoms with Gasteiger partial charge in [-0.25, -0.2) is 8.78 Å². The maximum absolute atomic E-state index is 13.2. The Morgan fingerprint density at radius 1 is 1.05 bits per heavy atom. The van der Waals surface area contributed by atoms with E-state index in [1.54, 1.807) is 12.1 Å². The summed E-state index contributed by atoms with van der Waals surface area (Å²) in [5.41, 5.74) is 2.00. The van der Waals surface area contributed by atoms with E-state index in [1.807, 2.05) is 12.1 Å². The van der Waals surface area contributed by atoms with Crippen molar-refractivity contribution in [2.24, 2.45) is 0 Å². The van der Waals surface area contributed by atoms with Crippen molar-refractivity contribution in [3.05, 3.63) is 59.7 Å². The number of hydrogen-bond donors (Lipinski definition) is 0. The molecule has 0 spiro atoms. The van der Waals surface area contributed by atoms with E-state index >= 15 is 0 Å². The third-order valence-corrected chi connectivity index (χ3v) is 2.97. The van der Waals surface area contributed by atoms with Crippen LogP contribution in [0.5, 0.6) is 0 Å². The van der Waals surface area contributed by atoms with Crippen molar-refractivity contribution in [3.8, 4) is 11.1 Å². The SMILES string of the molecule is O=C(Cl)CCc1ccccc1-c1cc(F)cc(F)c1. The molecule has 0 atom stereocenters. The van der Waals surface area contributed by atoms with Crippen molar-refractivity contribution >= 4 is 16.8 Å². The zero-order valence-electron chi connectivity index (χ0n) is 10.00. The molecule has 0 heterocycles. The fourth-order valence-corrected chi connectivity index (χ4v) is 2.06. The highest BCUT2D eigenvalue weighted by atomic mass is 35.5. The first-order valence-corrected chi connectivity index (χ1v) is 6.17. The Hall–Kier alpha value is -1.74. The van der Waals surface area contributed by atoms with E-state index in [-0.39, 0.29) is 6.42 Å². The van der Waals surface area contributed by atoms with Crippen LogP contribution in [0, 0.1) is 11.6 Å². The molecule has 0 aromatic heterocycles. The molecule has 0 fully saturated rings. The van der Waals surface area contributed by atoms with E-state index < -0.39 is 16.9 Å². The van der Waals surface area contributed by atoms with E-state index in [0.29, 0.717) is 17.5 Å². The number of hydrogen-bond acceptors (Lipinski definition) is 1. The molecule has 0 aliphatic heterocycles. The second kappa shape index (κ2) is 5.93. The van der Waals surface area contributed by atoms with Gasteiger partial charge in [-0.15, -0.1) is 0 Å². The van der Waals surface area contributed by atoms with Crippen LogP contribution in [0.2, 0.25) is 0 Å². The molecule has 2 aromatic rings. The van der Waals surface area contributed by atoms with Crippen LogP contribution in [-0.4, -0.2) is 5.24 Å². The van der Waals surface area contributed by atoms with Crippen molar-refractivity contribution in [3.63, 3.8) is 0 Å². The van der Waals surface area contributed by atoms with E-state index in [4.69, 9.17) is 11.6 Å². The van der Waals surface area contributed by atoms with Crippen molar-refractivity contribution in [2.75, 3.05) is 0 Å². The van der Waals surface area contributed by atoms with Crippen LogP contribution in [0.15, 0.2) is 42.5 Å². The predicted octanol–water partition coefficient (Wildman–Crippen LogP) is 4.33. The number of rotatable bonds is 4. The second-order valence-electron chi connectivity index (χ2n) is 4.17. The standard InChI is InChI=1S/C15H11ClF2O/c16-15(19)6-5-10-3-1-2-4-14(10)11-7-12(17)9-13(18)8-11/h1-4,7-9H,5-6H2. The Morgan fingerprint density at radius 2 is 1.68 bits per heavy atom. The van der Waals surface area contributed by atoms with Crippen molar-refractivity contribution in [2.45, 2.75) is 12.8 Å². The normalized spacial score (nSPS) is 10.5. The van der Waals surface area contributed by atoms with E-state index in [2.05, 4.69) is 0 Å². The largest absolute Gasteiger partial charge is 0.281 e. The van der Waals surface area contributed by atoms with Gasteiger partial charge in [-0.1, -0.05) is 24.3 Å². The fourth-order valence-electron chi connectivity index (χ4n) is 1.96. The molecule has 2 rings (SSSR count). The number of benzene rings is 2. The fraction of sp³-hybridized carbons (Fsp3) is 0.133. The van der Waals surface area contributed by atoms with Crippen LogP contribution >= 0.6 is 11.6 Å². The average Bonchev–Trinajstić information content (AvgIpc) is 2.35. The third kappa shape index (κ3) is 3.61. The number of carbonyl (C=O) groups excluding carboxylic acids is 1. The van der Waals surface area contributed by atoms with Gasteiger partial charge in [0.1, 0.15) is 11.6 Å². The van der Waals surface area contributed by atoms with Gasteiger partial charge in [0, 0.05) is 12.5 Å². The zero-order valence-corrected chi connectivity index (χ0v) is 10.8. The van der Waals surface area contributed by atoms with E-state index in [1.165, 1.54) is 12.1 Å². The topological polar surface area (TPSA) is 17.1 Å². The molecule has 0 aliphatic carbocycles. The van der Waals surface area contributed by atoms with Gasteiger partial charge in [0.25, 0.3) is 0 Å². The molecule has 0 N–H and O–H groups in total. The lowest BCUT2D eigenvalue weighted by Gasteiger charge is -2.09. The highest BCUT2D eigenvalue weighted by Crippen LogP contribution is 2.26. The van der Waals surface area contributed by atoms with Gasteiger partial charge < -0.3 is 0 Å². The highest BCUT2D eigenvalue weighted by molar-refractivity contribution is 6.63. The quantitative estimate of drug-likeness (QED) is 0.762. The van der Waals surface area contributed by atoms with Crippen molar-refractivity contribution in [1.82, 2.24) is 0 Å². The Bertz CT molecular complexity index is 591. The molecule has 0 saturated heterocycles. The van der Waals surface area contributed by atoms with Gasteiger partial charge in [0.15, 0.2) is 0 Å². The summed E-state index contributed by atoms with van der Waals surface area (Å²) in [7, 11) is 0. The van der Waals surface area contributed by atoms with Crippen LogP contribution in [0.1, 0.15) is 12.0 Å². The average molecular weight is 281 g/mol. The number of carbonyl (C=O) groups is 1. The monoisotopic (exact) mass is 280 g/mol. The summed E-state index contributed by atoms with van der Waals surface area (Å²) >= 11 is 5.32.